The molecule has 0 heterocycles. The fourth-order valence-corrected chi connectivity index (χ4v) is 1.27. The van der Waals surface area contributed by atoms with Crippen LogP contribution in [0.15, 0.2) is 30.3 Å². The third-order valence-electron chi connectivity index (χ3n) is 2.26. The summed E-state index contributed by atoms with van der Waals surface area (Å²) in [6.45, 7) is 2.44. The van der Waals surface area contributed by atoms with Gasteiger partial charge in [0.2, 0.25) is 0 Å². The van der Waals surface area contributed by atoms with Crippen molar-refractivity contribution in [1.82, 2.24) is 0 Å². The average molecular weight is 206 g/mol. The van der Waals surface area contributed by atoms with Gasteiger partial charge in [0.05, 0.1) is 0 Å². The van der Waals surface area contributed by atoms with Crippen LogP contribution in [-0.4, -0.2) is 18.5 Å². The van der Waals surface area contributed by atoms with Crippen molar-refractivity contribution < 1.29 is 4.74 Å². The van der Waals surface area contributed by atoms with Crippen molar-refractivity contribution in [2.45, 2.75) is 25.9 Å². The zero-order chi connectivity index (χ0) is 11.1. The number of nitrogens with two attached hydrogens (primary N) is 1. The first-order chi connectivity index (χ1) is 7.20. The summed E-state index contributed by atoms with van der Waals surface area (Å²) in [5.41, 5.74) is 6.60. The van der Waals surface area contributed by atoms with E-state index >= 15 is 0 Å². The molecule has 1 atom stereocenters. The smallest absolute Gasteiger partial charge is 0.120 e. The minimum absolute atomic E-state index is 0.0923. The van der Waals surface area contributed by atoms with Crippen molar-refractivity contribution >= 4 is 5.84 Å². The normalized spacial score (nSPS) is 12.3. The van der Waals surface area contributed by atoms with Crippen LogP contribution >= 0.6 is 0 Å². The second-order valence-corrected chi connectivity index (χ2v) is 3.56. The average Bonchev–Trinajstić information content (AvgIpc) is 2.25. The number of hydrogen-bond acceptors (Lipinski definition) is 2. The molecule has 0 radical (unpaired) electrons. The number of ether oxygens (including phenoxy) is 1. The topological polar surface area (TPSA) is 59.1 Å². The molecule has 0 aliphatic heterocycles. The lowest BCUT2D eigenvalue weighted by molar-refractivity contribution is 0.106. The second kappa shape index (κ2) is 6.19. The summed E-state index contributed by atoms with van der Waals surface area (Å²) in [6.07, 6.45) is 1.70. The van der Waals surface area contributed by atoms with Crippen LogP contribution in [0.5, 0.6) is 0 Å². The van der Waals surface area contributed by atoms with E-state index in [1.165, 1.54) is 5.56 Å². The van der Waals surface area contributed by atoms with Crippen LogP contribution in [0.1, 0.15) is 18.9 Å². The molecule has 1 aromatic rings. The van der Waals surface area contributed by atoms with Crippen LogP contribution in [0.25, 0.3) is 0 Å². The zero-order valence-corrected chi connectivity index (χ0v) is 9.07. The van der Waals surface area contributed by atoms with Gasteiger partial charge in [0, 0.05) is 6.61 Å². The van der Waals surface area contributed by atoms with Gasteiger partial charge in [0.1, 0.15) is 11.9 Å². The highest BCUT2D eigenvalue weighted by atomic mass is 16.5. The molecular formula is C12H18N2O. The Morgan fingerprint density at radius 1 is 1.40 bits per heavy atom. The zero-order valence-electron chi connectivity index (χ0n) is 9.07. The van der Waals surface area contributed by atoms with Crippen molar-refractivity contribution in [2.75, 3.05) is 6.61 Å². The summed E-state index contributed by atoms with van der Waals surface area (Å²) in [7, 11) is 0. The molecule has 0 aliphatic carbocycles. The highest BCUT2D eigenvalue weighted by Crippen LogP contribution is 2.03. The van der Waals surface area contributed by atoms with Gasteiger partial charge in [-0.3, -0.25) is 5.41 Å². The summed E-state index contributed by atoms with van der Waals surface area (Å²) >= 11 is 0. The lowest BCUT2D eigenvalue weighted by Crippen LogP contribution is -2.27. The van der Waals surface area contributed by atoms with E-state index in [0.717, 1.165) is 12.8 Å². The molecule has 1 rings (SSSR count). The Kier molecular flexibility index (Phi) is 4.84. The molecule has 15 heavy (non-hydrogen) atoms. The SMILES string of the molecule is CC(OCCCc1ccccc1)C(=N)N. The fraction of sp³-hybridized carbons (Fsp3) is 0.417. The van der Waals surface area contributed by atoms with E-state index < -0.39 is 0 Å². The standard InChI is InChI=1S/C12H18N2O/c1-10(12(13)14)15-9-5-8-11-6-3-2-4-7-11/h2-4,6-7,10H,5,8-9H2,1H3,(H3,13,14). The quantitative estimate of drug-likeness (QED) is 0.424. The molecular weight excluding hydrogens is 188 g/mol. The predicted molar refractivity (Wildman–Crippen MR) is 62.1 cm³/mol. The molecule has 82 valence electrons. The van der Waals surface area contributed by atoms with Gasteiger partial charge in [-0.15, -0.1) is 0 Å². The predicted octanol–water partition coefficient (Wildman–Crippen LogP) is 1.96. The van der Waals surface area contributed by atoms with E-state index in [-0.39, 0.29) is 11.9 Å². The molecule has 0 aliphatic rings. The molecule has 3 N–H and O–H groups in total. The molecule has 1 aromatic carbocycles. The Hall–Kier alpha value is -1.35. The van der Waals surface area contributed by atoms with Crippen LogP contribution in [-0.2, 0) is 11.2 Å². The van der Waals surface area contributed by atoms with Crippen LogP contribution < -0.4 is 5.73 Å². The molecule has 0 fully saturated rings. The van der Waals surface area contributed by atoms with Gasteiger partial charge in [-0.2, -0.15) is 0 Å². The molecule has 0 aromatic heterocycles. The van der Waals surface area contributed by atoms with E-state index in [1.54, 1.807) is 6.92 Å². The van der Waals surface area contributed by atoms with Gasteiger partial charge in [-0.25, -0.2) is 0 Å². The summed E-state index contributed by atoms with van der Waals surface area (Å²) < 4.78 is 5.38. The number of benzene rings is 1. The largest absolute Gasteiger partial charge is 0.385 e. The number of amidine groups is 1. The maximum Gasteiger partial charge on any atom is 0.120 e. The second-order valence-electron chi connectivity index (χ2n) is 3.56. The summed E-state index contributed by atoms with van der Waals surface area (Å²) in [6, 6.07) is 10.3. The minimum Gasteiger partial charge on any atom is -0.385 e. The molecule has 0 spiro atoms. The molecule has 3 heteroatoms. The van der Waals surface area contributed by atoms with Crippen molar-refractivity contribution in [2.24, 2.45) is 5.73 Å². The van der Waals surface area contributed by atoms with Gasteiger partial charge >= 0.3 is 0 Å². The maximum absolute atomic E-state index is 7.15. The molecule has 0 saturated heterocycles. The van der Waals surface area contributed by atoms with Crippen LogP contribution in [0.4, 0.5) is 0 Å². The van der Waals surface area contributed by atoms with E-state index in [4.69, 9.17) is 15.9 Å². The maximum atomic E-state index is 7.15. The molecule has 3 nitrogen and oxygen atoms in total. The highest BCUT2D eigenvalue weighted by molar-refractivity contribution is 5.81. The Morgan fingerprint density at radius 3 is 2.67 bits per heavy atom. The van der Waals surface area contributed by atoms with Crippen LogP contribution in [0, 0.1) is 5.41 Å². The van der Waals surface area contributed by atoms with Crippen molar-refractivity contribution in [1.29, 1.82) is 5.41 Å². The van der Waals surface area contributed by atoms with Crippen molar-refractivity contribution in [3.8, 4) is 0 Å². The van der Waals surface area contributed by atoms with Crippen LogP contribution in [0.3, 0.4) is 0 Å². The molecule has 1 unspecified atom stereocenters. The third-order valence-corrected chi connectivity index (χ3v) is 2.26. The van der Waals surface area contributed by atoms with Gasteiger partial charge in [0.15, 0.2) is 0 Å². The van der Waals surface area contributed by atoms with E-state index in [1.807, 2.05) is 18.2 Å². The Morgan fingerprint density at radius 2 is 2.07 bits per heavy atom. The van der Waals surface area contributed by atoms with Crippen molar-refractivity contribution in [3.63, 3.8) is 0 Å². The fourth-order valence-electron chi connectivity index (χ4n) is 1.27. The minimum atomic E-state index is -0.263. The van der Waals surface area contributed by atoms with Crippen LogP contribution in [0.2, 0.25) is 0 Å². The monoisotopic (exact) mass is 206 g/mol. The summed E-state index contributed by atoms with van der Waals surface area (Å²) in [5.74, 6) is 0.0923. The summed E-state index contributed by atoms with van der Waals surface area (Å²) in [5, 5.41) is 7.15. The number of rotatable bonds is 6. The molecule has 0 saturated carbocycles. The lowest BCUT2D eigenvalue weighted by atomic mass is 10.1. The van der Waals surface area contributed by atoms with Gasteiger partial charge in [-0.05, 0) is 25.3 Å². The van der Waals surface area contributed by atoms with Crippen molar-refractivity contribution in [3.05, 3.63) is 35.9 Å². The van der Waals surface area contributed by atoms with E-state index in [9.17, 15) is 0 Å². The number of nitrogens with one attached hydrogen (secondary N) is 1. The number of aryl methyl sites for hydroxylation is 1. The molecule has 0 bridgehead atoms. The van der Waals surface area contributed by atoms with E-state index in [0.29, 0.717) is 6.61 Å². The first kappa shape index (κ1) is 11.7. The first-order valence-electron chi connectivity index (χ1n) is 5.19. The lowest BCUT2D eigenvalue weighted by Gasteiger charge is -2.10. The Bertz CT molecular complexity index is 298. The van der Waals surface area contributed by atoms with Gasteiger partial charge < -0.3 is 10.5 Å². The Balaban J connectivity index is 2.15. The number of hydrogen-bond donors (Lipinski definition) is 2. The third kappa shape index (κ3) is 4.61. The molecule has 0 amide bonds. The first-order valence-corrected chi connectivity index (χ1v) is 5.19. The highest BCUT2D eigenvalue weighted by Gasteiger charge is 2.03. The Labute approximate surface area is 90.8 Å². The van der Waals surface area contributed by atoms with Gasteiger partial charge in [-0.1, -0.05) is 30.3 Å². The van der Waals surface area contributed by atoms with E-state index in [2.05, 4.69) is 12.1 Å². The summed E-state index contributed by atoms with van der Waals surface area (Å²) in [4.78, 5) is 0. The van der Waals surface area contributed by atoms with Gasteiger partial charge in [0.25, 0.3) is 0 Å².